The van der Waals surface area contributed by atoms with Crippen molar-refractivity contribution in [1.82, 2.24) is 0 Å². The summed E-state index contributed by atoms with van der Waals surface area (Å²) in [6.45, 7) is 0.781. The van der Waals surface area contributed by atoms with Gasteiger partial charge in [-0.15, -0.1) is 0 Å². The molecule has 3 unspecified atom stereocenters. The number of ether oxygens (including phenoxy) is 1. The maximum Gasteiger partial charge on any atom is 0.316 e. The minimum Gasteiger partial charge on any atom is -1.00 e. The molecule has 35 heavy (non-hydrogen) atoms. The molecule has 0 amide bonds. The number of carbonyl (C=O) groups excluding carboxylic acids is 1. The van der Waals surface area contributed by atoms with E-state index in [4.69, 9.17) is 4.74 Å². The molecule has 2 aliphatic heterocycles. The molecule has 0 aliphatic carbocycles. The highest BCUT2D eigenvalue weighted by molar-refractivity contribution is 5.78. The molecule has 184 valence electrons. The Bertz CT molecular complexity index is 1090. The fourth-order valence-corrected chi connectivity index (χ4v) is 6.12. The van der Waals surface area contributed by atoms with Crippen molar-refractivity contribution in [3.8, 4) is 11.1 Å². The minimum atomic E-state index is -0.607. The molecule has 1 N–H and O–H groups in total. The number of hydrogen-bond donors (Lipinski definition) is 1. The molecule has 0 aromatic heterocycles. The Balaban J connectivity index is 0.00000289. The zero-order valence-electron chi connectivity index (χ0n) is 20.2. The van der Waals surface area contributed by atoms with Gasteiger partial charge in [-0.3, -0.25) is 4.79 Å². The van der Waals surface area contributed by atoms with Gasteiger partial charge in [-0.2, -0.15) is 0 Å². The molecular weight excluding hydrogens is 502 g/mol. The fourth-order valence-electron chi connectivity index (χ4n) is 6.12. The predicted octanol–water partition coefficient (Wildman–Crippen LogP) is 2.32. The van der Waals surface area contributed by atoms with Gasteiger partial charge in [0, 0.05) is 31.2 Å². The van der Waals surface area contributed by atoms with Crippen LogP contribution in [0, 0.1) is 0 Å². The molecule has 0 saturated carbocycles. The third kappa shape index (κ3) is 5.37. The fraction of sp³-hybridized carbons (Fsp3) is 0.367. The summed E-state index contributed by atoms with van der Waals surface area (Å²) in [7, 11) is 2.38. The van der Waals surface area contributed by atoms with Crippen molar-refractivity contribution in [3.05, 3.63) is 96.1 Å². The summed E-state index contributed by atoms with van der Waals surface area (Å²) < 4.78 is 7.01. The number of esters is 1. The third-order valence-electron chi connectivity index (χ3n) is 8.11. The molecule has 2 fully saturated rings. The predicted molar refractivity (Wildman–Crippen MR) is 134 cm³/mol. The molecule has 4 nitrogen and oxygen atoms in total. The van der Waals surface area contributed by atoms with E-state index >= 15 is 0 Å². The van der Waals surface area contributed by atoms with Gasteiger partial charge in [-0.1, -0.05) is 84.9 Å². The maximum absolute atomic E-state index is 12.9. The van der Waals surface area contributed by atoms with Gasteiger partial charge in [-0.05, 0) is 16.7 Å². The number of hydrogen-bond acceptors (Lipinski definition) is 3. The van der Waals surface area contributed by atoms with Crippen LogP contribution in [-0.4, -0.2) is 47.4 Å². The molecule has 2 heterocycles. The van der Waals surface area contributed by atoms with Crippen LogP contribution in [0.3, 0.4) is 0 Å². The second-order valence-electron chi connectivity index (χ2n) is 10.1. The van der Waals surface area contributed by atoms with Crippen molar-refractivity contribution in [2.45, 2.75) is 56.3 Å². The Morgan fingerprint density at radius 1 is 0.886 bits per heavy atom. The van der Waals surface area contributed by atoms with Crippen LogP contribution in [0.5, 0.6) is 0 Å². The van der Waals surface area contributed by atoms with Gasteiger partial charge in [0.1, 0.15) is 18.6 Å². The lowest BCUT2D eigenvalue weighted by Crippen LogP contribution is -3.00. The molecule has 3 aromatic carbocycles. The Hall–Kier alpha value is -2.47. The average molecular weight is 537 g/mol. The van der Waals surface area contributed by atoms with Crippen molar-refractivity contribution in [1.29, 1.82) is 0 Å². The number of quaternary nitrogens is 1. The lowest BCUT2D eigenvalue weighted by atomic mass is 9.94. The Morgan fingerprint density at radius 3 is 2.00 bits per heavy atom. The lowest BCUT2D eigenvalue weighted by molar-refractivity contribution is -0.961. The summed E-state index contributed by atoms with van der Waals surface area (Å²) in [4.78, 5) is 12.9. The molecular formula is C30H34BrNO3. The first-order valence-electron chi connectivity index (χ1n) is 12.4. The van der Waals surface area contributed by atoms with Crippen molar-refractivity contribution in [2.75, 3.05) is 13.7 Å². The van der Waals surface area contributed by atoms with Gasteiger partial charge in [0.15, 0.2) is 0 Å². The van der Waals surface area contributed by atoms with E-state index in [2.05, 4.69) is 55.6 Å². The molecule has 5 rings (SSSR count). The normalized spacial score (nSPS) is 25.9. The number of carbonyl (C=O) groups is 1. The summed E-state index contributed by atoms with van der Waals surface area (Å²) >= 11 is 0. The third-order valence-corrected chi connectivity index (χ3v) is 8.11. The molecule has 3 aromatic rings. The summed E-state index contributed by atoms with van der Waals surface area (Å²) in [6, 6.07) is 29.9. The Labute approximate surface area is 218 Å². The minimum absolute atomic E-state index is 0. The van der Waals surface area contributed by atoms with E-state index in [1.54, 1.807) is 0 Å². The van der Waals surface area contributed by atoms with Gasteiger partial charge in [-0.25, -0.2) is 0 Å². The van der Waals surface area contributed by atoms with Gasteiger partial charge < -0.3 is 31.3 Å². The molecule has 5 atom stereocenters. The monoisotopic (exact) mass is 535 g/mol. The average Bonchev–Trinajstić information content (AvgIpc) is 3.02. The van der Waals surface area contributed by atoms with Gasteiger partial charge in [0.05, 0.1) is 25.7 Å². The summed E-state index contributed by atoms with van der Waals surface area (Å²) in [5.74, 6) is -0.907. The largest absolute Gasteiger partial charge is 1.00 e. The Morgan fingerprint density at radius 2 is 1.43 bits per heavy atom. The van der Waals surface area contributed by atoms with Crippen molar-refractivity contribution in [2.24, 2.45) is 0 Å². The number of halogens is 1. The first-order chi connectivity index (χ1) is 16.6. The number of aliphatic hydroxyl groups is 1. The lowest BCUT2D eigenvalue weighted by Gasteiger charge is -2.47. The van der Waals surface area contributed by atoms with Crippen LogP contribution in [0.15, 0.2) is 84.9 Å². The topological polar surface area (TPSA) is 46.5 Å². The van der Waals surface area contributed by atoms with Crippen molar-refractivity contribution < 1.29 is 36.1 Å². The number of fused-ring (bicyclic) bond motifs is 2. The van der Waals surface area contributed by atoms with Crippen LogP contribution in [0.4, 0.5) is 0 Å². The van der Waals surface area contributed by atoms with E-state index in [1.807, 2.05) is 36.4 Å². The van der Waals surface area contributed by atoms with Gasteiger partial charge >= 0.3 is 5.97 Å². The molecule has 0 radical (unpaired) electrons. The van der Waals surface area contributed by atoms with E-state index in [0.29, 0.717) is 12.1 Å². The zero-order chi connectivity index (χ0) is 23.5. The molecule has 2 saturated heterocycles. The zero-order valence-corrected chi connectivity index (χ0v) is 21.8. The summed E-state index contributed by atoms with van der Waals surface area (Å²) in [5, 5.41) is 9.83. The molecule has 2 aliphatic rings. The van der Waals surface area contributed by atoms with E-state index in [9.17, 15) is 9.90 Å². The summed E-state index contributed by atoms with van der Waals surface area (Å²) in [5.41, 5.74) is 4.67. The first kappa shape index (κ1) is 25.6. The van der Waals surface area contributed by atoms with Crippen LogP contribution >= 0.6 is 0 Å². The SMILES string of the molecule is C[N+]1(Cc2ccc(-c3ccccc3)cc2)[C@@H]2CC[C@H]1CC(OC(=O)C(CO)c1ccccc1)C2.[Br-]. The second-order valence-corrected chi connectivity index (χ2v) is 10.1. The highest BCUT2D eigenvalue weighted by atomic mass is 79.9. The van der Waals surface area contributed by atoms with Gasteiger partial charge in [0.25, 0.3) is 0 Å². The van der Waals surface area contributed by atoms with Crippen molar-refractivity contribution >= 4 is 5.97 Å². The number of benzene rings is 3. The maximum atomic E-state index is 12.9. The van der Waals surface area contributed by atoms with E-state index in [0.717, 1.165) is 29.4 Å². The van der Waals surface area contributed by atoms with Crippen LogP contribution in [0.2, 0.25) is 0 Å². The van der Waals surface area contributed by atoms with Crippen LogP contribution in [0.25, 0.3) is 11.1 Å². The Kier molecular flexibility index (Phi) is 8.10. The van der Waals surface area contributed by atoms with Crippen molar-refractivity contribution in [3.63, 3.8) is 0 Å². The molecule has 2 bridgehead atoms. The number of aliphatic hydroxyl groups excluding tert-OH is 1. The smallest absolute Gasteiger partial charge is 0.316 e. The van der Waals surface area contributed by atoms with Crippen LogP contribution < -0.4 is 17.0 Å². The number of piperidine rings is 1. The second kappa shape index (κ2) is 11.1. The summed E-state index contributed by atoms with van der Waals surface area (Å²) in [6.07, 6.45) is 4.09. The number of nitrogens with zero attached hydrogens (tertiary/aromatic N) is 1. The van der Waals surface area contributed by atoms with Crippen LogP contribution in [-0.2, 0) is 16.1 Å². The quantitative estimate of drug-likeness (QED) is 0.373. The molecule has 5 heteroatoms. The first-order valence-corrected chi connectivity index (χ1v) is 12.4. The van der Waals surface area contributed by atoms with Crippen LogP contribution in [0.1, 0.15) is 42.7 Å². The van der Waals surface area contributed by atoms with E-state index in [-0.39, 0.29) is 35.7 Å². The van der Waals surface area contributed by atoms with Gasteiger partial charge in [0.2, 0.25) is 0 Å². The molecule has 0 spiro atoms. The number of rotatable bonds is 7. The highest BCUT2D eigenvalue weighted by Gasteiger charge is 2.52. The standard InChI is InChI=1S/C30H34NO3.BrH/c1-31(20-22-12-14-24(15-13-22)23-8-4-2-5-9-23)26-16-17-27(31)19-28(18-26)34-30(33)29(21-32)25-10-6-3-7-11-25;/h2-15,26-29,32H,16-21H2,1H3;1H/q+1;/p-1/t26-,27+,28?,29?,31?;. The van der Waals surface area contributed by atoms with E-state index in [1.165, 1.54) is 29.5 Å². The van der Waals surface area contributed by atoms with E-state index < -0.39 is 5.92 Å². The highest BCUT2D eigenvalue weighted by Crippen LogP contribution is 2.44.